The van der Waals surface area contributed by atoms with Gasteiger partial charge in [0.2, 0.25) is 0 Å². The van der Waals surface area contributed by atoms with Gasteiger partial charge in [-0.25, -0.2) is 4.98 Å². The molecule has 0 aromatic carbocycles. The molecule has 10 heavy (non-hydrogen) atoms. The van der Waals surface area contributed by atoms with Gasteiger partial charge in [-0.1, -0.05) is 11.6 Å². The van der Waals surface area contributed by atoms with Gasteiger partial charge in [-0.3, -0.25) is 0 Å². The summed E-state index contributed by atoms with van der Waals surface area (Å²) in [5, 5.41) is 0.408. The lowest BCUT2D eigenvalue weighted by Gasteiger charge is -2.00. The molecule has 0 aliphatic rings. The van der Waals surface area contributed by atoms with Crippen LogP contribution in [-0.2, 0) is 0 Å². The molecule has 0 N–H and O–H groups in total. The van der Waals surface area contributed by atoms with Crippen LogP contribution in [0.2, 0.25) is 5.15 Å². The van der Waals surface area contributed by atoms with E-state index in [1.54, 1.807) is 12.1 Å². The SMILES string of the molecule is CCOc1c[c]nc(Cl)c1. The lowest BCUT2D eigenvalue weighted by Crippen LogP contribution is -1.91. The number of aromatic nitrogens is 1. The Kier molecular flexibility index (Phi) is 2.51. The number of nitrogens with zero attached hydrogens (tertiary/aromatic N) is 1. The maximum absolute atomic E-state index is 5.56. The van der Waals surface area contributed by atoms with E-state index in [1.807, 2.05) is 6.92 Å². The van der Waals surface area contributed by atoms with Gasteiger partial charge < -0.3 is 4.74 Å². The summed E-state index contributed by atoms with van der Waals surface area (Å²) in [7, 11) is 0. The monoisotopic (exact) mass is 156 g/mol. The van der Waals surface area contributed by atoms with E-state index < -0.39 is 0 Å². The average molecular weight is 157 g/mol. The van der Waals surface area contributed by atoms with Crippen LogP contribution in [0.3, 0.4) is 0 Å². The molecule has 0 amide bonds. The van der Waals surface area contributed by atoms with Gasteiger partial charge >= 0.3 is 0 Å². The van der Waals surface area contributed by atoms with Gasteiger partial charge in [0.1, 0.15) is 10.9 Å². The van der Waals surface area contributed by atoms with E-state index in [0.29, 0.717) is 17.5 Å². The molecule has 1 aromatic heterocycles. The fourth-order valence-electron chi connectivity index (χ4n) is 0.599. The zero-order chi connectivity index (χ0) is 7.40. The summed E-state index contributed by atoms with van der Waals surface area (Å²) in [4.78, 5) is 3.68. The molecule has 0 saturated heterocycles. The number of ether oxygens (including phenoxy) is 1. The van der Waals surface area contributed by atoms with Crippen LogP contribution in [0.1, 0.15) is 6.92 Å². The Hall–Kier alpha value is -0.760. The first-order valence-corrected chi connectivity index (χ1v) is 3.37. The van der Waals surface area contributed by atoms with E-state index >= 15 is 0 Å². The fourth-order valence-corrected chi connectivity index (χ4v) is 0.755. The normalized spacial score (nSPS) is 9.40. The molecule has 0 atom stereocenters. The number of pyridine rings is 1. The van der Waals surface area contributed by atoms with Crippen LogP contribution in [0.5, 0.6) is 5.75 Å². The van der Waals surface area contributed by atoms with Crippen molar-refractivity contribution >= 4 is 11.6 Å². The van der Waals surface area contributed by atoms with Crippen LogP contribution in [0.15, 0.2) is 12.1 Å². The first-order valence-electron chi connectivity index (χ1n) is 2.99. The smallest absolute Gasteiger partial charge is 0.133 e. The summed E-state index contributed by atoms with van der Waals surface area (Å²) in [5.74, 6) is 0.711. The third-order valence-electron chi connectivity index (χ3n) is 0.951. The van der Waals surface area contributed by atoms with Crippen molar-refractivity contribution in [3.05, 3.63) is 23.5 Å². The predicted molar refractivity (Wildman–Crippen MR) is 39.3 cm³/mol. The molecule has 1 aromatic rings. The van der Waals surface area contributed by atoms with Crippen LogP contribution in [0.4, 0.5) is 0 Å². The highest BCUT2D eigenvalue weighted by atomic mass is 35.5. The summed E-state index contributed by atoms with van der Waals surface area (Å²) in [6.45, 7) is 2.54. The second-order valence-electron chi connectivity index (χ2n) is 1.69. The summed E-state index contributed by atoms with van der Waals surface area (Å²) in [5.41, 5.74) is 0. The lowest BCUT2D eigenvalue weighted by atomic mass is 10.4. The lowest BCUT2D eigenvalue weighted by molar-refractivity contribution is 0.340. The summed E-state index contributed by atoms with van der Waals surface area (Å²) in [6.07, 6.45) is 2.61. The molecule has 0 saturated carbocycles. The summed E-state index contributed by atoms with van der Waals surface area (Å²) < 4.78 is 5.13. The molecule has 3 heteroatoms. The van der Waals surface area contributed by atoms with Gasteiger partial charge in [0, 0.05) is 12.1 Å². The van der Waals surface area contributed by atoms with E-state index in [-0.39, 0.29) is 0 Å². The van der Waals surface area contributed by atoms with Crippen molar-refractivity contribution in [3.8, 4) is 5.75 Å². The first kappa shape index (κ1) is 7.35. The maximum Gasteiger partial charge on any atom is 0.133 e. The number of halogens is 1. The highest BCUT2D eigenvalue weighted by Gasteiger charge is 1.92. The Morgan fingerprint density at radius 1 is 1.80 bits per heavy atom. The van der Waals surface area contributed by atoms with Crippen molar-refractivity contribution in [2.24, 2.45) is 0 Å². The maximum atomic E-state index is 5.56. The molecule has 0 fully saturated rings. The predicted octanol–water partition coefficient (Wildman–Crippen LogP) is 1.93. The van der Waals surface area contributed by atoms with E-state index in [1.165, 1.54) is 0 Å². The van der Waals surface area contributed by atoms with Crippen molar-refractivity contribution in [1.82, 2.24) is 4.98 Å². The van der Waals surface area contributed by atoms with Gasteiger partial charge in [-0.15, -0.1) is 0 Å². The van der Waals surface area contributed by atoms with Crippen molar-refractivity contribution in [2.75, 3.05) is 6.61 Å². The van der Waals surface area contributed by atoms with Gasteiger partial charge in [0.15, 0.2) is 0 Å². The van der Waals surface area contributed by atoms with E-state index in [2.05, 4.69) is 11.2 Å². The minimum atomic E-state index is 0.408. The standard InChI is InChI=1S/C7H7ClNO/c1-2-10-6-3-4-9-7(8)5-6/h3,5H,2H2,1H3. The molecule has 1 radical (unpaired) electrons. The van der Waals surface area contributed by atoms with Crippen molar-refractivity contribution in [2.45, 2.75) is 6.92 Å². The van der Waals surface area contributed by atoms with Crippen LogP contribution in [-0.4, -0.2) is 11.6 Å². The van der Waals surface area contributed by atoms with Crippen LogP contribution >= 0.6 is 11.6 Å². The number of rotatable bonds is 2. The van der Waals surface area contributed by atoms with Crippen molar-refractivity contribution in [1.29, 1.82) is 0 Å². The third kappa shape index (κ3) is 1.88. The number of hydrogen-bond acceptors (Lipinski definition) is 2. The molecule has 1 heterocycles. The summed E-state index contributed by atoms with van der Waals surface area (Å²) in [6, 6.07) is 3.30. The second kappa shape index (κ2) is 3.42. The largest absolute Gasteiger partial charge is 0.494 e. The highest BCUT2D eigenvalue weighted by Crippen LogP contribution is 2.13. The van der Waals surface area contributed by atoms with Crippen LogP contribution < -0.4 is 4.74 Å². The Labute approximate surface area is 64.8 Å². The molecule has 0 bridgehead atoms. The topological polar surface area (TPSA) is 22.1 Å². The molecular weight excluding hydrogens is 150 g/mol. The summed E-state index contributed by atoms with van der Waals surface area (Å²) >= 11 is 5.56. The quantitative estimate of drug-likeness (QED) is 0.611. The van der Waals surface area contributed by atoms with Gasteiger partial charge in [0.25, 0.3) is 0 Å². The molecule has 0 unspecified atom stereocenters. The molecule has 0 aliphatic carbocycles. The van der Waals surface area contributed by atoms with Crippen LogP contribution in [0.25, 0.3) is 0 Å². The Morgan fingerprint density at radius 2 is 2.60 bits per heavy atom. The van der Waals surface area contributed by atoms with Gasteiger partial charge in [-0.05, 0) is 6.92 Å². The fraction of sp³-hybridized carbons (Fsp3) is 0.286. The number of hydrogen-bond donors (Lipinski definition) is 0. The zero-order valence-electron chi connectivity index (χ0n) is 5.60. The first-order chi connectivity index (χ1) is 4.83. The van der Waals surface area contributed by atoms with Gasteiger partial charge in [0.05, 0.1) is 12.8 Å². The Morgan fingerprint density at radius 3 is 3.20 bits per heavy atom. The third-order valence-corrected chi connectivity index (χ3v) is 1.14. The van der Waals surface area contributed by atoms with E-state index in [0.717, 1.165) is 0 Å². The van der Waals surface area contributed by atoms with E-state index in [4.69, 9.17) is 16.3 Å². The highest BCUT2D eigenvalue weighted by molar-refractivity contribution is 6.29. The molecule has 1 rings (SSSR count). The van der Waals surface area contributed by atoms with Crippen LogP contribution in [0, 0.1) is 6.20 Å². The molecule has 0 aliphatic heterocycles. The Bertz CT molecular complexity index is 215. The second-order valence-corrected chi connectivity index (χ2v) is 2.07. The minimum absolute atomic E-state index is 0.408. The average Bonchev–Trinajstić information content (AvgIpc) is 1.88. The molecule has 53 valence electrons. The van der Waals surface area contributed by atoms with E-state index in [9.17, 15) is 0 Å². The van der Waals surface area contributed by atoms with Crippen molar-refractivity contribution < 1.29 is 4.74 Å². The molecule has 0 spiro atoms. The minimum Gasteiger partial charge on any atom is -0.494 e. The van der Waals surface area contributed by atoms with Crippen molar-refractivity contribution in [3.63, 3.8) is 0 Å². The van der Waals surface area contributed by atoms with Gasteiger partial charge in [-0.2, -0.15) is 0 Å². The zero-order valence-corrected chi connectivity index (χ0v) is 6.35. The molecule has 2 nitrogen and oxygen atoms in total. The molecular formula is C7H7ClNO. The Balaban J connectivity index is 2.75.